The quantitative estimate of drug-likeness (QED) is 0.633. The lowest BCUT2D eigenvalue weighted by molar-refractivity contribution is 0.0266. The summed E-state index contributed by atoms with van der Waals surface area (Å²) in [5.74, 6) is 0. The summed E-state index contributed by atoms with van der Waals surface area (Å²) in [6, 6.07) is -0.512. The Kier molecular flexibility index (Phi) is 3.68. The van der Waals surface area contributed by atoms with Crippen LogP contribution in [0.1, 0.15) is 6.92 Å². The number of thioether (sulfide) groups is 2. The third-order valence-corrected chi connectivity index (χ3v) is 5.94. The number of nitrogens with one attached hydrogen (secondary N) is 1. The average molecular weight is 266 g/mol. The van der Waals surface area contributed by atoms with Crippen molar-refractivity contribution in [1.29, 1.82) is 0 Å². The van der Waals surface area contributed by atoms with Crippen LogP contribution in [0.15, 0.2) is 4.99 Å². The minimum absolute atomic E-state index is 0.0551. The van der Waals surface area contributed by atoms with E-state index >= 15 is 0 Å². The molecular weight excluding hydrogens is 251 g/mol. The predicted molar refractivity (Wildman–Crippen MR) is 65.6 cm³/mol. The third kappa shape index (κ3) is 2.05. The van der Waals surface area contributed by atoms with Crippen LogP contribution < -0.4 is 5.32 Å². The zero-order valence-corrected chi connectivity index (χ0v) is 10.6. The van der Waals surface area contributed by atoms with Gasteiger partial charge in [0.15, 0.2) is 11.3 Å². The van der Waals surface area contributed by atoms with Crippen LogP contribution >= 0.6 is 23.5 Å². The highest BCUT2D eigenvalue weighted by Gasteiger charge is 2.49. The van der Waals surface area contributed by atoms with Gasteiger partial charge < -0.3 is 15.5 Å². The number of aliphatic hydroxyl groups excluding tert-OH is 2. The molecule has 2 aliphatic rings. The summed E-state index contributed by atoms with van der Waals surface area (Å²) in [4.78, 5) is 4.18. The van der Waals surface area contributed by atoms with Gasteiger partial charge in [0.1, 0.15) is 12.1 Å². The van der Waals surface area contributed by atoms with Gasteiger partial charge in [0.05, 0.1) is 15.9 Å². The molecule has 2 aliphatic heterocycles. The van der Waals surface area contributed by atoms with Crippen molar-refractivity contribution in [2.24, 2.45) is 4.99 Å². The highest BCUT2D eigenvalue weighted by atomic mass is 32.2. The van der Waals surface area contributed by atoms with Crippen LogP contribution in [0.2, 0.25) is 0 Å². The monoisotopic (exact) mass is 266 g/mol. The number of fused-ring (bicyclic) bond motifs is 1. The van der Waals surface area contributed by atoms with E-state index in [1.165, 1.54) is 23.5 Å². The molecule has 0 aromatic heterocycles. The average Bonchev–Trinajstić information content (AvgIpc) is 2.66. The molecule has 6 atom stereocenters. The number of hydrogen-bond donors (Lipinski definition) is 3. The van der Waals surface area contributed by atoms with Gasteiger partial charge in [-0.15, -0.1) is 11.8 Å². The van der Waals surface area contributed by atoms with Gasteiger partial charge in [-0.25, -0.2) is 4.39 Å². The van der Waals surface area contributed by atoms with Crippen molar-refractivity contribution >= 4 is 28.7 Å². The first-order valence-electron chi connectivity index (χ1n) is 5.12. The van der Waals surface area contributed by atoms with Crippen LogP contribution in [0.4, 0.5) is 4.39 Å². The number of rotatable bonds is 1. The third-order valence-electron chi connectivity index (χ3n) is 2.74. The molecule has 92 valence electrons. The van der Waals surface area contributed by atoms with E-state index in [0.29, 0.717) is 5.17 Å². The molecule has 16 heavy (non-hydrogen) atoms. The van der Waals surface area contributed by atoms with E-state index < -0.39 is 29.7 Å². The number of amidine groups is 1. The lowest BCUT2D eigenvalue weighted by Crippen LogP contribution is -2.51. The SMILES string of the molecule is CNC1=N[C@H]2[C@@H](S1)S[C@H]([C@H](C)O)[C@@H](O)[C@H]2F. The number of alkyl halides is 1. The molecule has 2 rings (SSSR count). The minimum atomic E-state index is -1.40. The summed E-state index contributed by atoms with van der Waals surface area (Å²) in [6.45, 7) is 1.58. The van der Waals surface area contributed by atoms with Gasteiger partial charge >= 0.3 is 0 Å². The maximum Gasteiger partial charge on any atom is 0.157 e. The van der Waals surface area contributed by atoms with Gasteiger partial charge in [0.25, 0.3) is 0 Å². The van der Waals surface area contributed by atoms with Crippen molar-refractivity contribution in [3.8, 4) is 0 Å². The van der Waals surface area contributed by atoms with E-state index in [2.05, 4.69) is 10.3 Å². The first-order valence-corrected chi connectivity index (χ1v) is 6.94. The predicted octanol–water partition coefficient (Wildman–Crippen LogP) is 0.198. The smallest absolute Gasteiger partial charge is 0.157 e. The molecule has 0 saturated carbocycles. The standard InChI is InChI=1S/C9H15FN2O2S2/c1-3(13)7-6(14)4(10)5-8(15-7)16-9(11-2)12-5/h3-8,13-14H,1-2H3,(H,11,12)/t3-,4-,5+,6-,7+,8+/m0/s1. The summed E-state index contributed by atoms with van der Waals surface area (Å²) >= 11 is 2.87. The van der Waals surface area contributed by atoms with Crippen molar-refractivity contribution < 1.29 is 14.6 Å². The molecule has 0 radical (unpaired) electrons. The maximum atomic E-state index is 13.9. The van der Waals surface area contributed by atoms with Gasteiger partial charge in [0, 0.05) is 7.05 Å². The summed E-state index contributed by atoms with van der Waals surface area (Å²) in [6.07, 6.45) is -3.27. The minimum Gasteiger partial charge on any atom is -0.392 e. The molecule has 2 heterocycles. The van der Waals surface area contributed by atoms with E-state index in [-0.39, 0.29) is 4.58 Å². The first-order chi connectivity index (χ1) is 7.54. The fourth-order valence-electron chi connectivity index (χ4n) is 1.88. The number of halogens is 1. The molecule has 0 amide bonds. The highest BCUT2D eigenvalue weighted by Crippen LogP contribution is 2.46. The van der Waals surface area contributed by atoms with Crippen LogP contribution in [0.25, 0.3) is 0 Å². The van der Waals surface area contributed by atoms with Gasteiger partial charge in [-0.2, -0.15) is 0 Å². The van der Waals surface area contributed by atoms with Gasteiger partial charge in [-0.3, -0.25) is 4.99 Å². The van der Waals surface area contributed by atoms with Crippen molar-refractivity contribution in [2.45, 2.75) is 41.2 Å². The molecule has 4 nitrogen and oxygen atoms in total. The topological polar surface area (TPSA) is 64.9 Å². The van der Waals surface area contributed by atoms with Crippen LogP contribution in [0, 0.1) is 0 Å². The number of aliphatic hydroxyl groups is 2. The Morgan fingerprint density at radius 1 is 1.56 bits per heavy atom. The number of nitrogens with zero attached hydrogens (tertiary/aromatic N) is 1. The first kappa shape index (κ1) is 12.5. The molecule has 0 bridgehead atoms. The summed E-state index contributed by atoms with van der Waals surface area (Å²) in [5.41, 5.74) is 0. The zero-order chi connectivity index (χ0) is 11.9. The molecule has 0 aliphatic carbocycles. The summed E-state index contributed by atoms with van der Waals surface area (Å²) in [5, 5.41) is 22.4. The molecular formula is C9H15FN2O2S2. The Balaban J connectivity index is 2.14. The van der Waals surface area contributed by atoms with Crippen LogP contribution in [0.3, 0.4) is 0 Å². The number of aliphatic imine (C=N–C) groups is 1. The van der Waals surface area contributed by atoms with Gasteiger partial charge in [0.2, 0.25) is 0 Å². The Bertz CT molecular complexity index is 303. The summed E-state index contributed by atoms with van der Waals surface area (Å²) < 4.78 is 13.9. The fourth-order valence-corrected chi connectivity index (χ4v) is 4.85. The Morgan fingerprint density at radius 2 is 2.25 bits per heavy atom. The lowest BCUT2D eigenvalue weighted by Gasteiger charge is -2.37. The van der Waals surface area contributed by atoms with Crippen molar-refractivity contribution in [2.75, 3.05) is 7.05 Å². The second kappa shape index (κ2) is 4.72. The highest BCUT2D eigenvalue weighted by molar-refractivity contribution is 8.25. The van der Waals surface area contributed by atoms with Crippen molar-refractivity contribution in [1.82, 2.24) is 5.32 Å². The second-order valence-corrected chi connectivity index (χ2v) is 6.69. The number of hydrogen-bond acceptors (Lipinski definition) is 6. The Morgan fingerprint density at radius 3 is 2.81 bits per heavy atom. The van der Waals surface area contributed by atoms with E-state index in [0.717, 1.165) is 0 Å². The Labute approximate surface area is 102 Å². The van der Waals surface area contributed by atoms with Gasteiger partial charge in [-0.05, 0) is 6.92 Å². The van der Waals surface area contributed by atoms with Crippen LogP contribution in [-0.4, -0.2) is 56.7 Å². The molecule has 0 unspecified atom stereocenters. The summed E-state index contributed by atoms with van der Waals surface area (Å²) in [7, 11) is 1.74. The fraction of sp³-hybridized carbons (Fsp3) is 0.889. The Hall–Kier alpha value is 0.0200. The van der Waals surface area contributed by atoms with E-state index in [9.17, 15) is 14.6 Å². The lowest BCUT2D eigenvalue weighted by atomic mass is 10.0. The molecule has 1 fully saturated rings. The van der Waals surface area contributed by atoms with E-state index in [4.69, 9.17) is 0 Å². The van der Waals surface area contributed by atoms with Crippen molar-refractivity contribution in [3.05, 3.63) is 0 Å². The molecule has 7 heteroatoms. The van der Waals surface area contributed by atoms with E-state index in [1.54, 1.807) is 14.0 Å². The largest absolute Gasteiger partial charge is 0.392 e. The molecule has 0 aromatic carbocycles. The van der Waals surface area contributed by atoms with Crippen LogP contribution in [-0.2, 0) is 0 Å². The van der Waals surface area contributed by atoms with Crippen LogP contribution in [0.5, 0.6) is 0 Å². The molecule has 0 aromatic rings. The van der Waals surface area contributed by atoms with Crippen molar-refractivity contribution in [3.63, 3.8) is 0 Å². The molecule has 3 N–H and O–H groups in total. The normalized spacial score (nSPS) is 44.8. The van der Waals surface area contributed by atoms with E-state index in [1.807, 2.05) is 0 Å². The molecule has 1 saturated heterocycles. The molecule has 0 spiro atoms. The van der Waals surface area contributed by atoms with Gasteiger partial charge in [-0.1, -0.05) is 11.8 Å². The second-order valence-electron chi connectivity index (χ2n) is 3.94. The maximum absolute atomic E-state index is 13.9. The zero-order valence-electron chi connectivity index (χ0n) is 9.00.